The molecule has 1 aromatic carbocycles. The second kappa shape index (κ2) is 12.3. The first-order valence-electron chi connectivity index (χ1n) is 13.0. The van der Waals surface area contributed by atoms with Crippen LogP contribution in [0.1, 0.15) is 38.6 Å². The quantitative estimate of drug-likeness (QED) is 0.381. The Morgan fingerprint density at radius 1 is 1.18 bits per heavy atom. The van der Waals surface area contributed by atoms with Crippen LogP contribution in [0.4, 0.5) is 5.69 Å². The zero-order valence-electron chi connectivity index (χ0n) is 21.6. The number of morpholine rings is 1. The molecule has 1 amide bonds. The van der Waals surface area contributed by atoms with Crippen LogP contribution in [0, 0.1) is 5.92 Å². The van der Waals surface area contributed by atoms with E-state index < -0.39 is 10.0 Å². The van der Waals surface area contributed by atoms with Crippen LogP contribution in [0.2, 0.25) is 5.02 Å². The predicted molar refractivity (Wildman–Crippen MR) is 150 cm³/mol. The van der Waals surface area contributed by atoms with Crippen molar-refractivity contribution in [3.8, 4) is 11.4 Å². The van der Waals surface area contributed by atoms with Gasteiger partial charge in [-0.05, 0) is 49.1 Å². The van der Waals surface area contributed by atoms with Gasteiger partial charge in [0.15, 0.2) is 11.0 Å². The number of benzene rings is 1. The zero-order valence-corrected chi connectivity index (χ0v) is 24.0. The van der Waals surface area contributed by atoms with Crippen LogP contribution in [-0.2, 0) is 19.6 Å². The van der Waals surface area contributed by atoms with Crippen LogP contribution in [0.3, 0.4) is 0 Å². The van der Waals surface area contributed by atoms with Crippen LogP contribution in [-0.4, -0.2) is 70.4 Å². The summed E-state index contributed by atoms with van der Waals surface area (Å²) in [7, 11) is -3.73. The van der Waals surface area contributed by atoms with Crippen molar-refractivity contribution in [3.05, 3.63) is 47.7 Å². The molecule has 1 saturated carbocycles. The molecule has 5 rings (SSSR count). The molecule has 2 aliphatic rings. The Labute approximate surface area is 237 Å². The third kappa shape index (κ3) is 6.30. The number of ether oxygens (including phenoxy) is 1. The maximum Gasteiger partial charge on any atom is 0.243 e. The number of carbonyl (C=O) groups is 1. The molecule has 0 radical (unpaired) electrons. The highest BCUT2D eigenvalue weighted by Crippen LogP contribution is 2.39. The smallest absolute Gasteiger partial charge is 0.243 e. The minimum absolute atomic E-state index is 0.0586. The number of rotatable bonds is 8. The molecule has 1 saturated heterocycles. The minimum Gasteiger partial charge on any atom is -0.379 e. The fourth-order valence-corrected chi connectivity index (χ4v) is 7.45. The Morgan fingerprint density at radius 2 is 1.97 bits per heavy atom. The number of halogens is 1. The van der Waals surface area contributed by atoms with Crippen molar-refractivity contribution in [1.29, 1.82) is 0 Å². The normalized spacial score (nSPS) is 20.6. The number of nitrogens with one attached hydrogen (secondary N) is 1. The summed E-state index contributed by atoms with van der Waals surface area (Å²) in [5.74, 6) is 0.933. The molecule has 3 aromatic rings. The van der Waals surface area contributed by atoms with Crippen LogP contribution >= 0.6 is 23.4 Å². The molecule has 1 N–H and O–H groups in total. The summed E-state index contributed by atoms with van der Waals surface area (Å²) in [6.45, 7) is 3.51. The number of hydrogen-bond acceptors (Lipinski definition) is 8. The molecule has 2 unspecified atom stereocenters. The third-order valence-electron chi connectivity index (χ3n) is 7.13. The van der Waals surface area contributed by atoms with Gasteiger partial charge in [0.25, 0.3) is 0 Å². The lowest BCUT2D eigenvalue weighted by Gasteiger charge is -2.31. The number of carbonyl (C=O) groups excluding carboxylic acids is 1. The number of sulfonamides is 1. The topological polar surface area (TPSA) is 119 Å². The zero-order chi connectivity index (χ0) is 27.4. The van der Waals surface area contributed by atoms with Gasteiger partial charge in [-0.3, -0.25) is 14.3 Å². The highest BCUT2D eigenvalue weighted by atomic mass is 35.5. The largest absolute Gasteiger partial charge is 0.379 e. The van der Waals surface area contributed by atoms with E-state index in [9.17, 15) is 13.2 Å². The first-order chi connectivity index (χ1) is 18.8. The molecule has 0 spiro atoms. The predicted octanol–water partition coefficient (Wildman–Crippen LogP) is 4.50. The van der Waals surface area contributed by atoms with Gasteiger partial charge in [-0.25, -0.2) is 8.42 Å². The van der Waals surface area contributed by atoms with Gasteiger partial charge in [0.2, 0.25) is 15.9 Å². The van der Waals surface area contributed by atoms with Crippen molar-refractivity contribution in [1.82, 2.24) is 24.1 Å². The van der Waals surface area contributed by atoms with E-state index in [2.05, 4.69) is 32.0 Å². The summed E-state index contributed by atoms with van der Waals surface area (Å²) in [4.78, 5) is 17.3. The van der Waals surface area contributed by atoms with E-state index in [4.69, 9.17) is 16.3 Å². The summed E-state index contributed by atoms with van der Waals surface area (Å²) in [6, 6.07) is 8.40. The lowest BCUT2D eigenvalue weighted by atomic mass is 9.85. The molecule has 2 aromatic heterocycles. The minimum atomic E-state index is -3.73. The van der Waals surface area contributed by atoms with Gasteiger partial charge in [-0.15, -0.1) is 10.2 Å². The Morgan fingerprint density at radius 3 is 2.72 bits per heavy atom. The number of pyridine rings is 1. The number of nitrogens with zero attached hydrogens (tertiary/aromatic N) is 5. The third-order valence-corrected chi connectivity index (χ3v) is 10.3. The first-order valence-corrected chi connectivity index (χ1v) is 15.8. The maximum absolute atomic E-state index is 13.1. The van der Waals surface area contributed by atoms with Crippen molar-refractivity contribution in [2.75, 3.05) is 37.4 Å². The molecule has 0 bridgehead atoms. The van der Waals surface area contributed by atoms with Gasteiger partial charge >= 0.3 is 0 Å². The number of amides is 1. The lowest BCUT2D eigenvalue weighted by molar-refractivity contribution is -0.113. The van der Waals surface area contributed by atoms with Crippen LogP contribution in [0.5, 0.6) is 0 Å². The van der Waals surface area contributed by atoms with Gasteiger partial charge in [0.1, 0.15) is 0 Å². The number of thioether (sulfide) groups is 1. The summed E-state index contributed by atoms with van der Waals surface area (Å²) in [5.41, 5.74) is 1.12. The monoisotopic (exact) mass is 590 g/mol. The molecule has 2 atom stereocenters. The number of anilines is 1. The van der Waals surface area contributed by atoms with E-state index in [0.717, 1.165) is 30.7 Å². The average molecular weight is 591 g/mol. The molecule has 3 heterocycles. The van der Waals surface area contributed by atoms with Crippen LogP contribution in [0.25, 0.3) is 11.4 Å². The summed E-state index contributed by atoms with van der Waals surface area (Å²) in [5, 5.41) is 12.6. The second-order valence-corrected chi connectivity index (χ2v) is 13.0. The average Bonchev–Trinajstić information content (AvgIpc) is 3.38. The van der Waals surface area contributed by atoms with Crippen molar-refractivity contribution in [2.24, 2.45) is 5.92 Å². The molecule has 13 heteroatoms. The maximum atomic E-state index is 13.1. The molecule has 208 valence electrons. The van der Waals surface area contributed by atoms with Crippen molar-refractivity contribution >= 4 is 45.0 Å². The molecule has 1 aliphatic heterocycles. The van der Waals surface area contributed by atoms with Crippen molar-refractivity contribution in [3.63, 3.8) is 0 Å². The Balaban J connectivity index is 1.33. The van der Waals surface area contributed by atoms with E-state index in [1.54, 1.807) is 12.4 Å². The molecular formula is C26H31ClN6O4S2. The van der Waals surface area contributed by atoms with Gasteiger partial charge in [-0.1, -0.05) is 43.1 Å². The Hall–Kier alpha value is -2.51. The Bertz CT molecular complexity index is 1410. The molecule has 1 aliphatic carbocycles. The summed E-state index contributed by atoms with van der Waals surface area (Å²) >= 11 is 7.62. The van der Waals surface area contributed by atoms with Crippen LogP contribution < -0.4 is 5.32 Å². The highest BCUT2D eigenvalue weighted by Gasteiger charge is 2.30. The van der Waals surface area contributed by atoms with Gasteiger partial charge in [0.05, 0.1) is 34.6 Å². The summed E-state index contributed by atoms with van der Waals surface area (Å²) < 4.78 is 34.9. The second-order valence-electron chi connectivity index (χ2n) is 9.74. The molecule has 39 heavy (non-hydrogen) atoms. The van der Waals surface area contributed by atoms with Gasteiger partial charge in [-0.2, -0.15) is 4.31 Å². The first kappa shape index (κ1) is 28.0. The number of hydrogen-bond donors (Lipinski definition) is 1. The van der Waals surface area contributed by atoms with Crippen molar-refractivity contribution < 1.29 is 17.9 Å². The summed E-state index contributed by atoms with van der Waals surface area (Å²) in [6.07, 6.45) is 7.98. The number of aromatic nitrogens is 4. The van der Waals surface area contributed by atoms with Gasteiger partial charge in [0, 0.05) is 37.1 Å². The SMILES string of the molecule is CC1CCCCC1n1c(SCC(=O)Nc2cc(S(=O)(=O)N3CCOCC3)ccc2Cl)nnc1-c1cccnc1. The van der Waals surface area contributed by atoms with E-state index in [1.807, 2.05) is 12.1 Å². The molecule has 10 nitrogen and oxygen atoms in total. The highest BCUT2D eigenvalue weighted by molar-refractivity contribution is 7.99. The van der Waals surface area contributed by atoms with Crippen LogP contribution in [0.15, 0.2) is 52.8 Å². The van der Waals surface area contributed by atoms with E-state index in [0.29, 0.717) is 24.3 Å². The van der Waals surface area contributed by atoms with Gasteiger partial charge < -0.3 is 10.1 Å². The molecular weight excluding hydrogens is 560 g/mol. The Kier molecular flexibility index (Phi) is 8.87. The van der Waals surface area contributed by atoms with E-state index in [-0.39, 0.29) is 46.4 Å². The fourth-order valence-electron chi connectivity index (χ4n) is 5.06. The van der Waals surface area contributed by atoms with E-state index in [1.165, 1.54) is 40.7 Å². The fraction of sp³-hybridized carbons (Fsp3) is 0.462. The lowest BCUT2D eigenvalue weighted by Crippen LogP contribution is -2.40. The van der Waals surface area contributed by atoms with E-state index >= 15 is 0 Å². The standard InChI is InChI=1S/C26H31ClN6O4S2/c1-18-5-2-3-7-23(18)33-25(19-6-4-10-28-16-19)30-31-26(33)38-17-24(34)29-22-15-20(8-9-21(22)27)39(35,36)32-11-13-37-14-12-32/h4,6,8-10,15-16,18,23H,2-3,5,7,11-14,17H2,1H3,(H,29,34). The molecule has 2 fully saturated rings. The van der Waals surface area contributed by atoms with Crippen molar-refractivity contribution in [2.45, 2.75) is 48.7 Å².